The molecule has 5 rings (SSSR count). The minimum atomic E-state index is -0.866. The highest BCUT2D eigenvalue weighted by Gasteiger charge is 2.37. The van der Waals surface area contributed by atoms with E-state index in [1.807, 2.05) is 49.4 Å². The van der Waals surface area contributed by atoms with Gasteiger partial charge in [0, 0.05) is 55.7 Å². The molecule has 8 heteroatoms. The van der Waals surface area contributed by atoms with Crippen molar-refractivity contribution in [2.45, 2.75) is 12.6 Å². The zero-order valence-corrected chi connectivity index (χ0v) is 21.8. The van der Waals surface area contributed by atoms with Crippen LogP contribution in [0.2, 0.25) is 5.02 Å². The van der Waals surface area contributed by atoms with E-state index < -0.39 is 5.66 Å². The summed E-state index contributed by atoms with van der Waals surface area (Å²) in [4.78, 5) is 26.9. The number of amides is 1. The number of aromatic nitrogens is 1. The number of nitrogens with zero attached hydrogens (tertiary/aromatic N) is 4. The lowest BCUT2D eigenvalue weighted by Gasteiger charge is -2.38. The molecule has 2 aliphatic rings. The SMILES string of the molecule is COc1ccccc1N1CCN(CC2=CC(c3ccc(Cl)cc3)=NC2(C)NC(=O)c2ccncc2)CC1. The van der Waals surface area contributed by atoms with E-state index in [1.54, 1.807) is 31.6 Å². The molecule has 1 saturated heterocycles. The number of halogens is 1. The number of ether oxygens (including phenoxy) is 1. The Bertz CT molecular complexity index is 1320. The normalized spacial score (nSPS) is 19.8. The summed E-state index contributed by atoms with van der Waals surface area (Å²) in [7, 11) is 1.71. The summed E-state index contributed by atoms with van der Waals surface area (Å²) in [5.41, 5.74) is 3.64. The molecule has 1 fully saturated rings. The highest BCUT2D eigenvalue weighted by Crippen LogP contribution is 2.31. The molecule has 0 bridgehead atoms. The van der Waals surface area contributed by atoms with Crippen molar-refractivity contribution in [3.63, 3.8) is 0 Å². The summed E-state index contributed by atoms with van der Waals surface area (Å²) >= 11 is 6.11. The average Bonchev–Trinajstić information content (AvgIpc) is 3.25. The van der Waals surface area contributed by atoms with Crippen molar-refractivity contribution in [1.82, 2.24) is 15.2 Å². The van der Waals surface area contributed by atoms with Crippen LogP contribution in [0, 0.1) is 0 Å². The zero-order valence-electron chi connectivity index (χ0n) is 21.0. The van der Waals surface area contributed by atoms with E-state index in [0.717, 1.165) is 54.5 Å². The molecule has 1 N–H and O–H groups in total. The van der Waals surface area contributed by atoms with Gasteiger partial charge >= 0.3 is 0 Å². The Morgan fingerprint density at radius 2 is 1.73 bits per heavy atom. The standard InChI is InChI=1S/C29H30ClN5O2/c1-29(33-28(36)22-11-13-31-14-12-22)23(19-25(32-29)21-7-9-24(30)10-8-21)20-34-15-17-35(18-16-34)26-5-3-4-6-27(26)37-2/h3-14,19H,15-18,20H2,1-2H3,(H,33,36). The van der Waals surface area contributed by atoms with Crippen LogP contribution in [0.1, 0.15) is 22.8 Å². The molecular weight excluding hydrogens is 486 g/mol. The fraction of sp³-hybridized carbons (Fsp3) is 0.276. The van der Waals surface area contributed by atoms with E-state index >= 15 is 0 Å². The molecule has 0 spiro atoms. The van der Waals surface area contributed by atoms with Crippen LogP contribution < -0.4 is 15.0 Å². The first kappa shape index (κ1) is 25.0. The van der Waals surface area contributed by atoms with Gasteiger partial charge in [-0.1, -0.05) is 35.9 Å². The molecule has 3 heterocycles. The fourth-order valence-corrected chi connectivity index (χ4v) is 4.93. The van der Waals surface area contributed by atoms with Gasteiger partial charge < -0.3 is 15.0 Å². The van der Waals surface area contributed by atoms with Crippen LogP contribution in [0.15, 0.2) is 89.7 Å². The van der Waals surface area contributed by atoms with Gasteiger partial charge in [0.2, 0.25) is 0 Å². The number of rotatable bonds is 7. The maximum Gasteiger partial charge on any atom is 0.253 e. The molecule has 37 heavy (non-hydrogen) atoms. The van der Waals surface area contributed by atoms with Gasteiger partial charge in [-0.05, 0) is 60.5 Å². The Morgan fingerprint density at radius 1 is 1.03 bits per heavy atom. The third-order valence-corrected chi connectivity index (χ3v) is 7.16. The van der Waals surface area contributed by atoms with E-state index in [4.69, 9.17) is 21.3 Å². The minimum absolute atomic E-state index is 0.183. The van der Waals surface area contributed by atoms with Crippen LogP contribution in [-0.4, -0.2) is 67.0 Å². The first-order valence-electron chi connectivity index (χ1n) is 12.3. The molecule has 190 valence electrons. The summed E-state index contributed by atoms with van der Waals surface area (Å²) < 4.78 is 5.56. The molecule has 7 nitrogen and oxygen atoms in total. The maximum atomic E-state index is 13.1. The minimum Gasteiger partial charge on any atom is -0.495 e. The van der Waals surface area contributed by atoms with Gasteiger partial charge in [0.1, 0.15) is 5.75 Å². The molecular formula is C29H30ClN5O2. The number of methoxy groups -OCH3 is 1. The molecule has 3 aromatic rings. The van der Waals surface area contributed by atoms with Crippen LogP contribution >= 0.6 is 11.6 Å². The number of aliphatic imine (C=N–C) groups is 1. The van der Waals surface area contributed by atoms with Crippen LogP contribution in [-0.2, 0) is 0 Å². The lowest BCUT2D eigenvalue weighted by atomic mass is 10.0. The maximum absolute atomic E-state index is 13.1. The summed E-state index contributed by atoms with van der Waals surface area (Å²) in [6, 6.07) is 19.2. The van der Waals surface area contributed by atoms with E-state index in [0.29, 0.717) is 17.1 Å². The van der Waals surface area contributed by atoms with Crippen LogP contribution in [0.25, 0.3) is 0 Å². The largest absolute Gasteiger partial charge is 0.495 e. The van der Waals surface area contributed by atoms with Crippen molar-refractivity contribution in [3.05, 3.63) is 101 Å². The molecule has 0 radical (unpaired) electrons. The number of carbonyl (C=O) groups is 1. The summed E-state index contributed by atoms with van der Waals surface area (Å²) in [6.07, 6.45) is 5.33. The van der Waals surface area contributed by atoms with Gasteiger partial charge in [0.05, 0.1) is 18.5 Å². The molecule has 1 unspecified atom stereocenters. The number of nitrogens with one attached hydrogen (secondary N) is 1. The van der Waals surface area contributed by atoms with Gasteiger partial charge in [-0.3, -0.25) is 19.7 Å². The van der Waals surface area contributed by atoms with Crippen LogP contribution in [0.5, 0.6) is 5.75 Å². The molecule has 0 saturated carbocycles. The van der Waals surface area contributed by atoms with Gasteiger partial charge in [0.25, 0.3) is 5.91 Å². The van der Waals surface area contributed by atoms with Gasteiger partial charge in [-0.25, -0.2) is 0 Å². The Labute approximate surface area is 222 Å². The Morgan fingerprint density at radius 3 is 2.43 bits per heavy atom. The molecule has 0 aliphatic carbocycles. The highest BCUT2D eigenvalue weighted by molar-refractivity contribution is 6.30. The monoisotopic (exact) mass is 515 g/mol. The summed E-state index contributed by atoms with van der Waals surface area (Å²) in [5.74, 6) is 0.708. The van der Waals surface area contributed by atoms with Crippen molar-refractivity contribution >= 4 is 28.9 Å². The van der Waals surface area contributed by atoms with Crippen molar-refractivity contribution in [2.24, 2.45) is 4.99 Å². The first-order valence-corrected chi connectivity index (χ1v) is 12.7. The van der Waals surface area contributed by atoms with E-state index in [1.165, 1.54) is 0 Å². The molecule has 1 atom stereocenters. The quantitative estimate of drug-likeness (QED) is 0.503. The van der Waals surface area contributed by atoms with Crippen LogP contribution in [0.4, 0.5) is 5.69 Å². The number of anilines is 1. The number of piperazine rings is 1. The van der Waals surface area contributed by atoms with Gasteiger partial charge in [0.15, 0.2) is 5.66 Å². The Kier molecular flexibility index (Phi) is 7.26. The van der Waals surface area contributed by atoms with Crippen LogP contribution in [0.3, 0.4) is 0 Å². The molecule has 2 aliphatic heterocycles. The molecule has 2 aromatic carbocycles. The van der Waals surface area contributed by atoms with Gasteiger partial charge in [-0.2, -0.15) is 0 Å². The predicted molar refractivity (Wildman–Crippen MR) is 148 cm³/mol. The highest BCUT2D eigenvalue weighted by atomic mass is 35.5. The van der Waals surface area contributed by atoms with Crippen molar-refractivity contribution in [3.8, 4) is 5.75 Å². The second-order valence-electron chi connectivity index (χ2n) is 9.37. The average molecular weight is 516 g/mol. The van der Waals surface area contributed by atoms with Crippen molar-refractivity contribution in [1.29, 1.82) is 0 Å². The van der Waals surface area contributed by atoms with E-state index in [2.05, 4.69) is 32.2 Å². The van der Waals surface area contributed by atoms with Gasteiger partial charge in [-0.15, -0.1) is 0 Å². The Balaban J connectivity index is 1.34. The predicted octanol–water partition coefficient (Wildman–Crippen LogP) is 4.44. The smallest absolute Gasteiger partial charge is 0.253 e. The van der Waals surface area contributed by atoms with E-state index in [-0.39, 0.29) is 5.91 Å². The van der Waals surface area contributed by atoms with Crippen molar-refractivity contribution in [2.75, 3.05) is 44.7 Å². The topological polar surface area (TPSA) is 70.1 Å². The number of hydrogen-bond donors (Lipinski definition) is 1. The second kappa shape index (κ2) is 10.7. The molecule has 1 aromatic heterocycles. The number of hydrogen-bond acceptors (Lipinski definition) is 6. The first-order chi connectivity index (χ1) is 17.9. The number of pyridine rings is 1. The van der Waals surface area contributed by atoms with E-state index in [9.17, 15) is 4.79 Å². The Hall–Kier alpha value is -3.68. The second-order valence-corrected chi connectivity index (χ2v) is 9.81. The lowest BCUT2D eigenvalue weighted by Crippen LogP contribution is -2.51. The number of carbonyl (C=O) groups excluding carboxylic acids is 1. The molecule has 1 amide bonds. The summed E-state index contributed by atoms with van der Waals surface area (Å²) in [5, 5.41) is 3.84. The van der Waals surface area contributed by atoms with Crippen molar-refractivity contribution < 1.29 is 9.53 Å². The fourth-order valence-electron chi connectivity index (χ4n) is 4.80. The number of benzene rings is 2. The number of para-hydroxylation sites is 2. The third-order valence-electron chi connectivity index (χ3n) is 6.91. The number of allylic oxidation sites excluding steroid dienone is 1. The third kappa shape index (κ3) is 5.53. The summed E-state index contributed by atoms with van der Waals surface area (Å²) in [6.45, 7) is 6.22. The zero-order chi connectivity index (χ0) is 25.8. The lowest BCUT2D eigenvalue weighted by molar-refractivity contribution is 0.0919.